The number of fused-ring (bicyclic) bond motifs is 3. The first-order valence-electron chi connectivity index (χ1n) is 10.5. The number of rotatable bonds is 1. The second-order valence-corrected chi connectivity index (χ2v) is 6.98. The summed E-state index contributed by atoms with van der Waals surface area (Å²) in [5, 5.41) is 3.54. The molecule has 150 valence electrons. The third-order valence-electron chi connectivity index (χ3n) is 4.96. The maximum atomic E-state index is 4.92. The summed E-state index contributed by atoms with van der Waals surface area (Å²) in [5.41, 5.74) is 5.68. The SMILES string of the molecule is C=C/C1=C2/N=C(C=CN2C)C(=C)CCCNCCCCc2cccc1c2.CC. The molecule has 0 aromatic heterocycles. The molecule has 0 unspecified atom stereocenters. The molecule has 2 heterocycles. The number of nitrogens with zero attached hydrogens (tertiary/aromatic N) is 2. The molecule has 0 radical (unpaired) electrons. The summed E-state index contributed by atoms with van der Waals surface area (Å²) in [6.07, 6.45) is 11.6. The minimum Gasteiger partial charge on any atom is -0.335 e. The van der Waals surface area contributed by atoms with E-state index in [0.717, 1.165) is 55.0 Å². The highest BCUT2D eigenvalue weighted by molar-refractivity contribution is 6.09. The van der Waals surface area contributed by atoms with Gasteiger partial charge in [0.15, 0.2) is 0 Å². The Labute approximate surface area is 171 Å². The molecule has 0 spiro atoms. The van der Waals surface area contributed by atoms with Gasteiger partial charge in [-0.3, -0.25) is 0 Å². The lowest BCUT2D eigenvalue weighted by molar-refractivity contribution is 0.560. The van der Waals surface area contributed by atoms with Crippen molar-refractivity contribution in [3.05, 3.63) is 78.3 Å². The summed E-state index contributed by atoms with van der Waals surface area (Å²) >= 11 is 0. The van der Waals surface area contributed by atoms with Crippen molar-refractivity contribution in [2.24, 2.45) is 4.99 Å². The fraction of sp³-hybridized carbons (Fsp3) is 0.400. The predicted molar refractivity (Wildman–Crippen MR) is 123 cm³/mol. The third-order valence-corrected chi connectivity index (χ3v) is 4.96. The Kier molecular flexibility index (Phi) is 8.96. The van der Waals surface area contributed by atoms with Crippen molar-refractivity contribution >= 4 is 11.3 Å². The molecule has 0 saturated heterocycles. The topological polar surface area (TPSA) is 27.6 Å². The molecule has 0 saturated carbocycles. The first-order valence-corrected chi connectivity index (χ1v) is 10.5. The van der Waals surface area contributed by atoms with Crippen LogP contribution in [-0.4, -0.2) is 30.7 Å². The number of hydrogen-bond acceptors (Lipinski definition) is 3. The van der Waals surface area contributed by atoms with Crippen molar-refractivity contribution in [2.45, 2.75) is 46.0 Å². The zero-order chi connectivity index (χ0) is 20.4. The Morgan fingerprint density at radius 3 is 2.68 bits per heavy atom. The number of nitrogens with one attached hydrogen (secondary N) is 1. The molecule has 1 aromatic carbocycles. The number of aryl methyl sites for hydroxylation is 1. The van der Waals surface area contributed by atoms with Crippen LogP contribution < -0.4 is 5.32 Å². The van der Waals surface area contributed by atoms with Crippen molar-refractivity contribution in [2.75, 3.05) is 20.1 Å². The molecule has 28 heavy (non-hydrogen) atoms. The molecule has 1 N–H and O–H groups in total. The Balaban J connectivity index is 0.00000136. The van der Waals surface area contributed by atoms with Crippen LogP contribution in [0, 0.1) is 0 Å². The Morgan fingerprint density at radius 2 is 1.89 bits per heavy atom. The molecule has 2 aliphatic rings. The zero-order valence-electron chi connectivity index (χ0n) is 17.8. The summed E-state index contributed by atoms with van der Waals surface area (Å²) in [7, 11) is 2.03. The molecule has 0 fully saturated rings. The number of aliphatic imine (C=N–C) groups is 1. The van der Waals surface area contributed by atoms with E-state index in [2.05, 4.69) is 59.9 Å². The van der Waals surface area contributed by atoms with Gasteiger partial charge < -0.3 is 10.2 Å². The normalized spacial score (nSPS) is 20.8. The molecule has 0 aliphatic carbocycles. The van der Waals surface area contributed by atoms with Gasteiger partial charge in [0.25, 0.3) is 0 Å². The molecular weight excluding hydrogens is 342 g/mol. The molecule has 4 bridgehead atoms. The number of benzene rings is 1. The fourth-order valence-electron chi connectivity index (χ4n) is 3.42. The second-order valence-electron chi connectivity index (χ2n) is 6.98. The first kappa shape index (κ1) is 21.9. The summed E-state index contributed by atoms with van der Waals surface area (Å²) in [6, 6.07) is 8.78. The largest absolute Gasteiger partial charge is 0.335 e. The van der Waals surface area contributed by atoms with Gasteiger partial charge in [0.2, 0.25) is 0 Å². The van der Waals surface area contributed by atoms with Gasteiger partial charge in [-0.1, -0.05) is 57.3 Å². The van der Waals surface area contributed by atoms with Crippen LogP contribution in [0.2, 0.25) is 0 Å². The second kappa shape index (κ2) is 11.5. The highest BCUT2D eigenvalue weighted by atomic mass is 15.2. The smallest absolute Gasteiger partial charge is 0.140 e. The Hall–Kier alpha value is -2.39. The average molecular weight is 378 g/mol. The van der Waals surface area contributed by atoms with Crippen molar-refractivity contribution in [3.63, 3.8) is 0 Å². The molecule has 3 nitrogen and oxygen atoms in total. The minimum atomic E-state index is 0.931. The van der Waals surface area contributed by atoms with Gasteiger partial charge in [-0.25, -0.2) is 4.99 Å². The maximum Gasteiger partial charge on any atom is 0.140 e. The fourth-order valence-corrected chi connectivity index (χ4v) is 3.42. The first-order chi connectivity index (χ1) is 13.7. The van der Waals surface area contributed by atoms with Crippen LogP contribution in [0.1, 0.15) is 50.7 Å². The van der Waals surface area contributed by atoms with E-state index in [1.165, 1.54) is 24.0 Å². The summed E-state index contributed by atoms with van der Waals surface area (Å²) in [6.45, 7) is 14.4. The van der Waals surface area contributed by atoms with Gasteiger partial charge in [0, 0.05) is 18.8 Å². The maximum absolute atomic E-state index is 4.92. The molecule has 0 amide bonds. The van der Waals surface area contributed by atoms with E-state index < -0.39 is 0 Å². The van der Waals surface area contributed by atoms with Crippen LogP contribution in [0.5, 0.6) is 0 Å². The van der Waals surface area contributed by atoms with Crippen molar-refractivity contribution in [1.29, 1.82) is 0 Å². The van der Waals surface area contributed by atoms with E-state index in [1.54, 1.807) is 0 Å². The van der Waals surface area contributed by atoms with Crippen LogP contribution in [-0.2, 0) is 6.42 Å². The van der Waals surface area contributed by atoms with E-state index >= 15 is 0 Å². The van der Waals surface area contributed by atoms with Crippen LogP contribution in [0.4, 0.5) is 0 Å². The van der Waals surface area contributed by atoms with Gasteiger partial charge in [0.1, 0.15) is 5.82 Å². The quantitative estimate of drug-likeness (QED) is 0.677. The van der Waals surface area contributed by atoms with Crippen LogP contribution in [0.25, 0.3) is 5.57 Å². The Morgan fingerprint density at radius 1 is 1.11 bits per heavy atom. The molecule has 3 heteroatoms. The third kappa shape index (κ3) is 5.80. The molecule has 0 atom stereocenters. The van der Waals surface area contributed by atoms with Crippen molar-refractivity contribution in [1.82, 2.24) is 10.2 Å². The van der Waals surface area contributed by atoms with Crippen LogP contribution in [0.3, 0.4) is 0 Å². The van der Waals surface area contributed by atoms with Gasteiger partial charge in [-0.2, -0.15) is 0 Å². The highest BCUT2D eigenvalue weighted by Gasteiger charge is 2.16. The van der Waals surface area contributed by atoms with E-state index in [4.69, 9.17) is 4.99 Å². The van der Waals surface area contributed by atoms with Gasteiger partial charge >= 0.3 is 0 Å². The summed E-state index contributed by atoms with van der Waals surface area (Å²) < 4.78 is 0. The van der Waals surface area contributed by atoms with E-state index in [0.29, 0.717) is 0 Å². The lowest BCUT2D eigenvalue weighted by Gasteiger charge is -2.23. The zero-order valence-corrected chi connectivity index (χ0v) is 17.8. The van der Waals surface area contributed by atoms with Gasteiger partial charge in [-0.15, -0.1) is 0 Å². The Bertz CT molecular complexity index is 768. The van der Waals surface area contributed by atoms with Gasteiger partial charge in [0.05, 0.1) is 5.71 Å². The van der Waals surface area contributed by atoms with E-state index in [-0.39, 0.29) is 0 Å². The molecule has 3 rings (SSSR count). The number of hydrogen-bond donors (Lipinski definition) is 1. The van der Waals surface area contributed by atoms with Crippen molar-refractivity contribution < 1.29 is 0 Å². The predicted octanol–water partition coefficient (Wildman–Crippen LogP) is 5.73. The summed E-state index contributed by atoms with van der Waals surface area (Å²) in [5.74, 6) is 0.931. The van der Waals surface area contributed by atoms with Gasteiger partial charge in [-0.05, 0) is 68.0 Å². The van der Waals surface area contributed by atoms with E-state index in [9.17, 15) is 0 Å². The van der Waals surface area contributed by atoms with Crippen molar-refractivity contribution in [3.8, 4) is 0 Å². The molecule has 2 aliphatic heterocycles. The monoisotopic (exact) mass is 377 g/mol. The lowest BCUT2D eigenvalue weighted by Crippen LogP contribution is -2.19. The highest BCUT2D eigenvalue weighted by Crippen LogP contribution is 2.27. The van der Waals surface area contributed by atoms with E-state index in [1.807, 2.05) is 27.0 Å². The number of allylic oxidation sites excluding steroid dienone is 4. The van der Waals surface area contributed by atoms with Crippen LogP contribution >= 0.6 is 0 Å². The van der Waals surface area contributed by atoms with Crippen LogP contribution in [0.15, 0.2) is 72.2 Å². The minimum absolute atomic E-state index is 0.931. The standard InChI is InChI=1S/C23H29N3.C2H6/c1-4-21-20-12-7-11-19(17-20)10-5-6-14-24-15-8-9-18(2)22-13-16-26(3)23(21)25-22;1-2/h4,7,11-13,16-17,24H,1-2,5-6,8-10,14-15H2,3H3;1-2H3/b23-21+;. The summed E-state index contributed by atoms with van der Waals surface area (Å²) in [4.78, 5) is 6.98. The molecule has 1 aromatic rings. The average Bonchev–Trinajstić information content (AvgIpc) is 2.73. The lowest BCUT2D eigenvalue weighted by atomic mass is 9.99. The molecular formula is C25H35N3.